The average Bonchev–Trinajstić information content (AvgIpc) is 2.82. The van der Waals surface area contributed by atoms with Gasteiger partial charge in [0.25, 0.3) is 0 Å². The van der Waals surface area contributed by atoms with Gasteiger partial charge in [0.15, 0.2) is 5.82 Å². The first-order chi connectivity index (χ1) is 7.97. The average molecular weight is 236 g/mol. The SMILES string of the molecule is Cn1cncc1COc1nc(C(C)(C)C)no1. The van der Waals surface area contributed by atoms with Gasteiger partial charge < -0.3 is 9.30 Å². The first kappa shape index (κ1) is 11.6. The van der Waals surface area contributed by atoms with Crippen LogP contribution in [0, 0.1) is 0 Å². The van der Waals surface area contributed by atoms with Crippen LogP contribution in [-0.2, 0) is 19.1 Å². The molecule has 6 nitrogen and oxygen atoms in total. The fourth-order valence-corrected chi connectivity index (χ4v) is 1.23. The van der Waals surface area contributed by atoms with Gasteiger partial charge in [0.2, 0.25) is 0 Å². The molecule has 17 heavy (non-hydrogen) atoms. The van der Waals surface area contributed by atoms with Crippen molar-refractivity contribution in [3.63, 3.8) is 0 Å². The molecule has 0 spiro atoms. The van der Waals surface area contributed by atoms with Gasteiger partial charge in [-0.2, -0.15) is 4.98 Å². The molecule has 0 saturated heterocycles. The third-order valence-corrected chi connectivity index (χ3v) is 2.34. The predicted octanol–water partition coefficient (Wildman–Crippen LogP) is 1.68. The minimum absolute atomic E-state index is 0.141. The van der Waals surface area contributed by atoms with Crippen molar-refractivity contribution in [1.29, 1.82) is 0 Å². The van der Waals surface area contributed by atoms with E-state index in [0.29, 0.717) is 12.4 Å². The molecular weight excluding hydrogens is 220 g/mol. The second-order valence-corrected chi connectivity index (χ2v) is 4.92. The summed E-state index contributed by atoms with van der Waals surface area (Å²) in [4.78, 5) is 8.18. The maximum atomic E-state index is 5.41. The van der Waals surface area contributed by atoms with Crippen LogP contribution in [0.2, 0.25) is 0 Å². The van der Waals surface area contributed by atoms with Crippen molar-refractivity contribution in [2.45, 2.75) is 32.8 Å². The van der Waals surface area contributed by atoms with E-state index in [0.717, 1.165) is 5.69 Å². The van der Waals surface area contributed by atoms with Gasteiger partial charge in [0.1, 0.15) is 6.61 Å². The van der Waals surface area contributed by atoms with Crippen LogP contribution in [0.3, 0.4) is 0 Å². The van der Waals surface area contributed by atoms with Crippen LogP contribution in [0.1, 0.15) is 32.3 Å². The molecule has 0 saturated carbocycles. The third-order valence-electron chi connectivity index (χ3n) is 2.34. The quantitative estimate of drug-likeness (QED) is 0.811. The number of hydrogen-bond donors (Lipinski definition) is 0. The molecule has 0 radical (unpaired) electrons. The zero-order chi connectivity index (χ0) is 12.5. The highest BCUT2D eigenvalue weighted by Gasteiger charge is 2.21. The van der Waals surface area contributed by atoms with Crippen LogP contribution in [0.4, 0.5) is 0 Å². The Morgan fingerprint density at radius 2 is 2.18 bits per heavy atom. The smallest absolute Gasteiger partial charge is 0.417 e. The van der Waals surface area contributed by atoms with Crippen molar-refractivity contribution < 1.29 is 9.26 Å². The summed E-state index contributed by atoms with van der Waals surface area (Å²) in [5.74, 6) is 0.637. The van der Waals surface area contributed by atoms with Gasteiger partial charge in [-0.15, -0.1) is 0 Å². The molecule has 92 valence electrons. The third kappa shape index (κ3) is 2.64. The Bertz CT molecular complexity index is 496. The van der Waals surface area contributed by atoms with Crippen LogP contribution in [0.15, 0.2) is 17.0 Å². The standard InChI is InChI=1S/C11H16N4O2/c1-11(2,3)9-13-10(17-14-9)16-6-8-5-12-7-15(8)4/h5,7H,6H2,1-4H3. The highest BCUT2D eigenvalue weighted by Crippen LogP contribution is 2.21. The number of ether oxygens (including phenoxy) is 1. The molecule has 0 unspecified atom stereocenters. The zero-order valence-corrected chi connectivity index (χ0v) is 10.5. The summed E-state index contributed by atoms with van der Waals surface area (Å²) in [5.41, 5.74) is 0.804. The number of aromatic nitrogens is 4. The Kier molecular flexibility index (Phi) is 2.87. The van der Waals surface area contributed by atoms with Gasteiger partial charge in [-0.3, -0.25) is 4.52 Å². The minimum Gasteiger partial charge on any atom is -0.442 e. The first-order valence-corrected chi connectivity index (χ1v) is 5.39. The molecule has 0 aliphatic rings. The molecule has 2 aromatic rings. The first-order valence-electron chi connectivity index (χ1n) is 5.39. The maximum absolute atomic E-state index is 5.41. The molecule has 0 aromatic carbocycles. The lowest BCUT2D eigenvalue weighted by Crippen LogP contribution is -2.13. The number of aryl methyl sites for hydroxylation is 1. The second kappa shape index (κ2) is 4.20. The van der Waals surface area contributed by atoms with Gasteiger partial charge >= 0.3 is 6.08 Å². The van der Waals surface area contributed by atoms with Crippen molar-refractivity contribution in [3.8, 4) is 6.08 Å². The zero-order valence-electron chi connectivity index (χ0n) is 10.5. The van der Waals surface area contributed by atoms with E-state index in [2.05, 4.69) is 15.1 Å². The van der Waals surface area contributed by atoms with E-state index >= 15 is 0 Å². The molecule has 2 heterocycles. The van der Waals surface area contributed by atoms with E-state index < -0.39 is 0 Å². The highest BCUT2D eigenvalue weighted by atomic mass is 16.6. The molecule has 0 fully saturated rings. The molecule has 2 rings (SSSR count). The molecule has 0 bridgehead atoms. The van der Waals surface area contributed by atoms with Gasteiger partial charge in [-0.05, 0) is 0 Å². The molecular formula is C11H16N4O2. The molecule has 6 heteroatoms. The van der Waals surface area contributed by atoms with E-state index in [4.69, 9.17) is 9.26 Å². The van der Waals surface area contributed by atoms with Crippen LogP contribution in [-0.4, -0.2) is 19.7 Å². The van der Waals surface area contributed by atoms with Crippen LogP contribution in [0.25, 0.3) is 0 Å². The fraction of sp³-hybridized carbons (Fsp3) is 0.545. The van der Waals surface area contributed by atoms with Crippen molar-refractivity contribution in [3.05, 3.63) is 24.0 Å². The second-order valence-electron chi connectivity index (χ2n) is 4.92. The van der Waals surface area contributed by atoms with Crippen molar-refractivity contribution in [2.24, 2.45) is 7.05 Å². The lowest BCUT2D eigenvalue weighted by molar-refractivity contribution is 0.190. The van der Waals surface area contributed by atoms with Crippen LogP contribution >= 0.6 is 0 Å². The van der Waals surface area contributed by atoms with Crippen molar-refractivity contribution >= 4 is 0 Å². The topological polar surface area (TPSA) is 66.0 Å². The van der Waals surface area contributed by atoms with E-state index in [-0.39, 0.29) is 11.5 Å². The Labute approximate surface area is 99.6 Å². The number of rotatable bonds is 3. The van der Waals surface area contributed by atoms with Gasteiger partial charge in [-0.1, -0.05) is 25.9 Å². The Morgan fingerprint density at radius 1 is 1.41 bits per heavy atom. The largest absolute Gasteiger partial charge is 0.442 e. The number of imidazole rings is 1. The van der Waals surface area contributed by atoms with E-state index in [1.165, 1.54) is 0 Å². The molecule has 0 aliphatic carbocycles. The Morgan fingerprint density at radius 3 is 2.71 bits per heavy atom. The predicted molar refractivity (Wildman–Crippen MR) is 60.5 cm³/mol. The van der Waals surface area contributed by atoms with E-state index in [9.17, 15) is 0 Å². The van der Waals surface area contributed by atoms with Crippen LogP contribution < -0.4 is 4.74 Å². The Hall–Kier alpha value is -1.85. The molecule has 0 N–H and O–H groups in total. The molecule has 0 aliphatic heterocycles. The maximum Gasteiger partial charge on any atom is 0.417 e. The molecule has 2 aromatic heterocycles. The Balaban J connectivity index is 2.01. The minimum atomic E-state index is -0.141. The number of hydrogen-bond acceptors (Lipinski definition) is 5. The summed E-state index contributed by atoms with van der Waals surface area (Å²) in [7, 11) is 1.90. The summed E-state index contributed by atoms with van der Waals surface area (Å²) in [6, 6.07) is 0. The normalized spacial score (nSPS) is 11.8. The van der Waals surface area contributed by atoms with Gasteiger partial charge in [0, 0.05) is 12.5 Å². The summed E-state index contributed by atoms with van der Waals surface area (Å²) < 4.78 is 12.3. The van der Waals surface area contributed by atoms with E-state index in [1.807, 2.05) is 32.4 Å². The summed E-state index contributed by atoms with van der Waals surface area (Å²) >= 11 is 0. The lowest BCUT2D eigenvalue weighted by Gasteiger charge is -2.10. The lowest BCUT2D eigenvalue weighted by atomic mass is 9.96. The molecule has 0 amide bonds. The van der Waals surface area contributed by atoms with Crippen molar-refractivity contribution in [1.82, 2.24) is 19.7 Å². The molecule has 0 atom stereocenters. The summed E-state index contributed by atoms with van der Waals surface area (Å²) in [6.45, 7) is 6.41. The fourth-order valence-electron chi connectivity index (χ4n) is 1.23. The number of nitrogens with zero attached hydrogens (tertiary/aromatic N) is 4. The summed E-state index contributed by atoms with van der Waals surface area (Å²) in [6.07, 6.45) is 3.64. The summed E-state index contributed by atoms with van der Waals surface area (Å²) in [5, 5.41) is 3.88. The highest BCUT2D eigenvalue weighted by molar-refractivity contribution is 5.03. The van der Waals surface area contributed by atoms with Crippen LogP contribution in [0.5, 0.6) is 6.08 Å². The van der Waals surface area contributed by atoms with Gasteiger partial charge in [0.05, 0.1) is 18.2 Å². The van der Waals surface area contributed by atoms with Crippen molar-refractivity contribution in [2.75, 3.05) is 0 Å². The van der Waals surface area contributed by atoms with Gasteiger partial charge in [-0.25, -0.2) is 4.98 Å². The van der Waals surface area contributed by atoms with E-state index in [1.54, 1.807) is 12.5 Å². The monoisotopic (exact) mass is 236 g/mol.